The lowest BCUT2D eigenvalue weighted by atomic mass is 9.76. The van der Waals surface area contributed by atoms with Gasteiger partial charge >= 0.3 is 5.97 Å². The smallest absolute Gasteiger partial charge is 0.316 e. The molecule has 0 aromatic heterocycles. The lowest BCUT2D eigenvalue weighted by Gasteiger charge is -2.36. The second-order valence-electron chi connectivity index (χ2n) is 5.34. The molecule has 110 valence electrons. The first-order valence-electron chi connectivity index (χ1n) is 7.28. The molecule has 4 nitrogen and oxygen atoms in total. The summed E-state index contributed by atoms with van der Waals surface area (Å²) in [5.41, 5.74) is -0.759. The standard InChI is InChI=1S/C15H26O4/c1-4-5-9-12(14(17)18-2)13(16)15(19-3)10-7-6-8-11-15/h12H,4-11H2,1-3H3. The number of Topliss-reactive ketones (excluding diaryl/α,β-unsaturated/α-hetero) is 1. The monoisotopic (exact) mass is 270 g/mol. The largest absolute Gasteiger partial charge is 0.468 e. The van der Waals surface area contributed by atoms with E-state index in [0.717, 1.165) is 44.9 Å². The maximum Gasteiger partial charge on any atom is 0.316 e. The third-order valence-corrected chi connectivity index (χ3v) is 4.15. The minimum atomic E-state index is -0.759. The van der Waals surface area contributed by atoms with E-state index in [1.807, 2.05) is 6.92 Å². The zero-order valence-electron chi connectivity index (χ0n) is 12.4. The Morgan fingerprint density at radius 3 is 2.26 bits per heavy atom. The molecule has 1 saturated carbocycles. The van der Waals surface area contributed by atoms with Crippen LogP contribution < -0.4 is 0 Å². The van der Waals surface area contributed by atoms with Crippen molar-refractivity contribution in [1.82, 2.24) is 0 Å². The summed E-state index contributed by atoms with van der Waals surface area (Å²) in [4.78, 5) is 24.6. The molecule has 0 spiro atoms. The number of carbonyl (C=O) groups is 2. The summed E-state index contributed by atoms with van der Waals surface area (Å²) in [7, 11) is 2.92. The highest BCUT2D eigenvalue weighted by molar-refractivity contribution is 6.03. The molecular weight excluding hydrogens is 244 g/mol. The van der Waals surface area contributed by atoms with Gasteiger partial charge < -0.3 is 9.47 Å². The van der Waals surface area contributed by atoms with Crippen molar-refractivity contribution in [3.8, 4) is 0 Å². The highest BCUT2D eigenvalue weighted by Gasteiger charge is 2.45. The van der Waals surface area contributed by atoms with Crippen molar-refractivity contribution in [2.45, 2.75) is 63.9 Å². The van der Waals surface area contributed by atoms with Gasteiger partial charge in [-0.3, -0.25) is 9.59 Å². The Bertz CT molecular complexity index is 305. The lowest BCUT2D eigenvalue weighted by molar-refractivity contribution is -0.161. The van der Waals surface area contributed by atoms with Gasteiger partial charge in [0.1, 0.15) is 11.5 Å². The highest BCUT2D eigenvalue weighted by Crippen LogP contribution is 2.35. The zero-order valence-corrected chi connectivity index (χ0v) is 12.4. The molecule has 1 atom stereocenters. The number of esters is 1. The average Bonchev–Trinajstić information content (AvgIpc) is 2.47. The molecule has 0 amide bonds. The first-order chi connectivity index (χ1) is 9.11. The molecule has 0 aliphatic heterocycles. The first kappa shape index (κ1) is 16.2. The second-order valence-corrected chi connectivity index (χ2v) is 5.34. The molecule has 0 aromatic rings. The number of hydrogen-bond acceptors (Lipinski definition) is 4. The highest BCUT2D eigenvalue weighted by atomic mass is 16.5. The van der Waals surface area contributed by atoms with Crippen LogP contribution in [0.25, 0.3) is 0 Å². The maximum absolute atomic E-state index is 12.7. The van der Waals surface area contributed by atoms with Crippen molar-refractivity contribution in [3.63, 3.8) is 0 Å². The number of unbranched alkanes of at least 4 members (excludes halogenated alkanes) is 1. The van der Waals surface area contributed by atoms with E-state index in [0.29, 0.717) is 6.42 Å². The predicted molar refractivity (Wildman–Crippen MR) is 72.9 cm³/mol. The number of rotatable bonds is 7. The Hall–Kier alpha value is -0.900. The third kappa shape index (κ3) is 3.78. The summed E-state index contributed by atoms with van der Waals surface area (Å²) < 4.78 is 10.3. The van der Waals surface area contributed by atoms with Gasteiger partial charge in [0.05, 0.1) is 7.11 Å². The quantitative estimate of drug-likeness (QED) is 0.527. The lowest BCUT2D eigenvalue weighted by Crippen LogP contribution is -2.48. The van der Waals surface area contributed by atoms with Crippen molar-refractivity contribution >= 4 is 11.8 Å². The fourth-order valence-corrected chi connectivity index (χ4v) is 2.90. The number of methoxy groups -OCH3 is 2. The maximum atomic E-state index is 12.7. The summed E-state index contributed by atoms with van der Waals surface area (Å²) in [6, 6.07) is 0. The Kier molecular flexibility index (Phi) is 6.49. The van der Waals surface area contributed by atoms with Crippen LogP contribution >= 0.6 is 0 Å². The molecule has 1 fully saturated rings. The molecule has 0 bridgehead atoms. The minimum absolute atomic E-state index is 0.0741. The fraction of sp³-hybridized carbons (Fsp3) is 0.867. The summed E-state index contributed by atoms with van der Waals surface area (Å²) in [5.74, 6) is -1.15. The Balaban J connectivity index is 2.86. The molecular formula is C15H26O4. The molecule has 1 aliphatic carbocycles. The van der Waals surface area contributed by atoms with Crippen LogP contribution in [-0.4, -0.2) is 31.6 Å². The van der Waals surface area contributed by atoms with Crippen LogP contribution in [0.15, 0.2) is 0 Å². The van der Waals surface area contributed by atoms with E-state index < -0.39 is 17.5 Å². The molecule has 19 heavy (non-hydrogen) atoms. The van der Waals surface area contributed by atoms with Gasteiger partial charge in [-0.1, -0.05) is 39.0 Å². The van der Waals surface area contributed by atoms with Gasteiger partial charge in [-0.2, -0.15) is 0 Å². The molecule has 0 saturated heterocycles. The predicted octanol–water partition coefficient (Wildman–Crippen LogP) is 2.88. The van der Waals surface area contributed by atoms with E-state index >= 15 is 0 Å². The van der Waals surface area contributed by atoms with Gasteiger partial charge in [0.15, 0.2) is 5.78 Å². The Morgan fingerprint density at radius 1 is 1.16 bits per heavy atom. The van der Waals surface area contributed by atoms with Crippen LogP contribution in [0.3, 0.4) is 0 Å². The second kappa shape index (κ2) is 7.63. The van der Waals surface area contributed by atoms with Gasteiger partial charge in [0.25, 0.3) is 0 Å². The molecule has 1 rings (SSSR count). The van der Waals surface area contributed by atoms with Crippen LogP contribution in [0, 0.1) is 5.92 Å². The molecule has 1 unspecified atom stereocenters. The van der Waals surface area contributed by atoms with Crippen molar-refractivity contribution in [2.24, 2.45) is 5.92 Å². The summed E-state index contributed by atoms with van der Waals surface area (Å²) in [6.45, 7) is 2.05. The molecule has 0 radical (unpaired) electrons. The van der Waals surface area contributed by atoms with Crippen molar-refractivity contribution in [1.29, 1.82) is 0 Å². The van der Waals surface area contributed by atoms with E-state index in [-0.39, 0.29) is 5.78 Å². The van der Waals surface area contributed by atoms with E-state index in [4.69, 9.17) is 9.47 Å². The van der Waals surface area contributed by atoms with Crippen molar-refractivity contribution in [2.75, 3.05) is 14.2 Å². The van der Waals surface area contributed by atoms with Gasteiger partial charge in [-0.05, 0) is 19.3 Å². The zero-order chi connectivity index (χ0) is 14.3. The summed E-state index contributed by atoms with van der Waals surface area (Å²) in [6.07, 6.45) is 6.93. The van der Waals surface area contributed by atoms with Crippen molar-refractivity contribution < 1.29 is 19.1 Å². The van der Waals surface area contributed by atoms with Gasteiger partial charge in [0.2, 0.25) is 0 Å². The summed E-state index contributed by atoms with van der Waals surface area (Å²) >= 11 is 0. The van der Waals surface area contributed by atoms with Crippen molar-refractivity contribution in [3.05, 3.63) is 0 Å². The minimum Gasteiger partial charge on any atom is -0.468 e. The SMILES string of the molecule is CCCCC(C(=O)OC)C(=O)C1(OC)CCCCC1. The Labute approximate surface area is 115 Å². The number of hydrogen-bond donors (Lipinski definition) is 0. The topological polar surface area (TPSA) is 52.6 Å². The van der Waals surface area contributed by atoms with Crippen LogP contribution in [0.4, 0.5) is 0 Å². The molecule has 0 N–H and O–H groups in total. The number of ether oxygens (including phenoxy) is 2. The average molecular weight is 270 g/mol. The van der Waals surface area contributed by atoms with E-state index in [1.54, 1.807) is 7.11 Å². The molecule has 1 aliphatic rings. The fourth-order valence-electron chi connectivity index (χ4n) is 2.90. The first-order valence-corrected chi connectivity index (χ1v) is 7.28. The van der Waals surface area contributed by atoms with Crippen LogP contribution in [-0.2, 0) is 19.1 Å². The van der Waals surface area contributed by atoms with Gasteiger partial charge in [0, 0.05) is 7.11 Å². The van der Waals surface area contributed by atoms with Crippen LogP contribution in [0.5, 0.6) is 0 Å². The Morgan fingerprint density at radius 2 is 1.79 bits per heavy atom. The normalized spacial score (nSPS) is 19.7. The molecule has 4 heteroatoms. The van der Waals surface area contributed by atoms with Crippen LogP contribution in [0.2, 0.25) is 0 Å². The number of ketones is 1. The van der Waals surface area contributed by atoms with Gasteiger partial charge in [-0.25, -0.2) is 0 Å². The molecule has 0 heterocycles. The van der Waals surface area contributed by atoms with E-state index in [9.17, 15) is 9.59 Å². The van der Waals surface area contributed by atoms with E-state index in [1.165, 1.54) is 7.11 Å². The number of carbonyl (C=O) groups excluding carboxylic acids is 2. The third-order valence-electron chi connectivity index (χ3n) is 4.15. The van der Waals surface area contributed by atoms with E-state index in [2.05, 4.69) is 0 Å². The molecule has 0 aromatic carbocycles. The van der Waals surface area contributed by atoms with Gasteiger partial charge in [-0.15, -0.1) is 0 Å². The van der Waals surface area contributed by atoms with Crippen LogP contribution in [0.1, 0.15) is 58.3 Å². The summed E-state index contributed by atoms with van der Waals surface area (Å²) in [5, 5.41) is 0.